The van der Waals surface area contributed by atoms with Gasteiger partial charge in [0, 0.05) is 24.4 Å². The summed E-state index contributed by atoms with van der Waals surface area (Å²) in [6, 6.07) is 12.5. The van der Waals surface area contributed by atoms with Gasteiger partial charge in [0.2, 0.25) is 5.91 Å². The third kappa shape index (κ3) is 4.74. The number of hydrogen-bond donors (Lipinski definition) is 1. The van der Waals surface area contributed by atoms with Gasteiger partial charge >= 0.3 is 0 Å². The fraction of sp³-hybridized carbons (Fsp3) is 0.167. The number of hydrogen-bond acceptors (Lipinski definition) is 5. The Hall–Kier alpha value is -2.22. The predicted molar refractivity (Wildman–Crippen MR) is 109 cm³/mol. The Morgan fingerprint density at radius 3 is 2.74 bits per heavy atom. The topological polar surface area (TPSA) is 69.0 Å². The fourth-order valence-corrected chi connectivity index (χ4v) is 3.36. The Labute approximate surface area is 170 Å². The molecule has 140 valence electrons. The van der Waals surface area contributed by atoms with Gasteiger partial charge < -0.3 is 14.6 Å². The Kier molecular flexibility index (Phi) is 6.26. The predicted octanol–water partition coefficient (Wildman–Crippen LogP) is 4.53. The molecule has 0 aliphatic carbocycles. The van der Waals surface area contributed by atoms with E-state index in [0.29, 0.717) is 32.5 Å². The number of amides is 1. The van der Waals surface area contributed by atoms with Crippen molar-refractivity contribution in [1.29, 1.82) is 0 Å². The zero-order chi connectivity index (χ0) is 19.4. The van der Waals surface area contributed by atoms with Gasteiger partial charge in [0.1, 0.15) is 5.75 Å². The van der Waals surface area contributed by atoms with Gasteiger partial charge in [0.15, 0.2) is 11.0 Å². The van der Waals surface area contributed by atoms with Crippen molar-refractivity contribution in [2.24, 2.45) is 7.05 Å². The van der Waals surface area contributed by atoms with Gasteiger partial charge in [-0.1, -0.05) is 41.0 Å². The highest BCUT2D eigenvalue weighted by Crippen LogP contribution is 2.29. The minimum atomic E-state index is -0.146. The summed E-state index contributed by atoms with van der Waals surface area (Å²) in [4.78, 5) is 12.2. The SMILES string of the molecule is COc1cccc(NC(=O)CSc2nnc(-c3ccc(Cl)c(Cl)c3)n2C)c1. The van der Waals surface area contributed by atoms with Crippen molar-refractivity contribution < 1.29 is 9.53 Å². The largest absolute Gasteiger partial charge is 0.497 e. The van der Waals surface area contributed by atoms with Gasteiger partial charge in [-0.05, 0) is 30.3 Å². The first-order valence-electron chi connectivity index (χ1n) is 7.89. The average molecular weight is 423 g/mol. The normalized spacial score (nSPS) is 10.7. The molecule has 27 heavy (non-hydrogen) atoms. The maximum Gasteiger partial charge on any atom is 0.234 e. The van der Waals surface area contributed by atoms with Gasteiger partial charge in [0.25, 0.3) is 0 Å². The van der Waals surface area contributed by atoms with Crippen molar-refractivity contribution in [3.63, 3.8) is 0 Å². The molecule has 0 radical (unpaired) electrons. The van der Waals surface area contributed by atoms with Crippen molar-refractivity contribution in [2.75, 3.05) is 18.2 Å². The van der Waals surface area contributed by atoms with Crippen molar-refractivity contribution >= 4 is 46.6 Å². The standard InChI is InChI=1S/C18H16Cl2N4O2S/c1-24-17(11-6-7-14(19)15(20)8-11)22-23-18(24)27-10-16(25)21-12-4-3-5-13(9-12)26-2/h3-9H,10H2,1-2H3,(H,21,25). The second-order valence-electron chi connectivity index (χ2n) is 5.56. The van der Waals surface area contributed by atoms with E-state index in [2.05, 4.69) is 15.5 Å². The highest BCUT2D eigenvalue weighted by atomic mass is 35.5. The average Bonchev–Trinajstić information content (AvgIpc) is 3.03. The van der Waals surface area contributed by atoms with Crippen LogP contribution in [0, 0.1) is 0 Å². The van der Waals surface area contributed by atoms with Crippen LogP contribution in [0.3, 0.4) is 0 Å². The lowest BCUT2D eigenvalue weighted by molar-refractivity contribution is -0.113. The number of anilines is 1. The summed E-state index contributed by atoms with van der Waals surface area (Å²) < 4.78 is 6.95. The second kappa shape index (κ2) is 8.65. The van der Waals surface area contributed by atoms with Crippen LogP contribution in [0.25, 0.3) is 11.4 Å². The molecule has 9 heteroatoms. The van der Waals surface area contributed by atoms with Crippen molar-refractivity contribution in [1.82, 2.24) is 14.8 Å². The first-order chi connectivity index (χ1) is 13.0. The van der Waals surface area contributed by atoms with Gasteiger partial charge in [0.05, 0.1) is 22.9 Å². The molecule has 0 aliphatic heterocycles. The molecule has 0 bridgehead atoms. The van der Waals surface area contributed by atoms with Crippen LogP contribution in [-0.4, -0.2) is 33.5 Å². The highest BCUT2D eigenvalue weighted by molar-refractivity contribution is 7.99. The molecule has 1 aromatic heterocycles. The number of halogens is 2. The smallest absolute Gasteiger partial charge is 0.234 e. The van der Waals surface area contributed by atoms with Crippen LogP contribution in [0.2, 0.25) is 10.0 Å². The van der Waals surface area contributed by atoms with Crippen LogP contribution < -0.4 is 10.1 Å². The first kappa shape index (κ1) is 19.5. The molecular formula is C18H16Cl2N4O2S. The Bertz CT molecular complexity index is 978. The highest BCUT2D eigenvalue weighted by Gasteiger charge is 2.14. The molecule has 1 N–H and O–H groups in total. The summed E-state index contributed by atoms with van der Waals surface area (Å²) in [7, 11) is 3.41. The van der Waals surface area contributed by atoms with Crippen molar-refractivity contribution in [2.45, 2.75) is 5.16 Å². The summed E-state index contributed by atoms with van der Waals surface area (Å²) in [5.74, 6) is 1.38. The molecule has 0 spiro atoms. The van der Waals surface area contributed by atoms with E-state index in [1.165, 1.54) is 11.8 Å². The molecule has 0 fully saturated rings. The lowest BCUT2D eigenvalue weighted by Gasteiger charge is -2.07. The zero-order valence-electron chi connectivity index (χ0n) is 14.6. The van der Waals surface area contributed by atoms with E-state index < -0.39 is 0 Å². The molecule has 0 unspecified atom stereocenters. The van der Waals surface area contributed by atoms with E-state index in [4.69, 9.17) is 27.9 Å². The number of nitrogens with one attached hydrogen (secondary N) is 1. The lowest BCUT2D eigenvalue weighted by Crippen LogP contribution is -2.14. The number of carbonyl (C=O) groups excluding carboxylic acids is 1. The maximum absolute atomic E-state index is 12.2. The number of methoxy groups -OCH3 is 1. The van der Waals surface area contributed by atoms with E-state index >= 15 is 0 Å². The number of carbonyl (C=O) groups is 1. The molecule has 0 aliphatic rings. The van der Waals surface area contributed by atoms with Gasteiger partial charge in [-0.15, -0.1) is 10.2 Å². The molecule has 0 saturated heterocycles. The zero-order valence-corrected chi connectivity index (χ0v) is 16.9. The number of aromatic nitrogens is 3. The molecule has 1 amide bonds. The molecule has 3 aromatic rings. The van der Waals surface area contributed by atoms with E-state index in [1.807, 2.05) is 29.8 Å². The van der Waals surface area contributed by atoms with Crippen molar-refractivity contribution in [3.8, 4) is 17.1 Å². The quantitative estimate of drug-likeness (QED) is 0.590. The molecular weight excluding hydrogens is 407 g/mol. The number of thioether (sulfide) groups is 1. The minimum Gasteiger partial charge on any atom is -0.497 e. The summed E-state index contributed by atoms with van der Waals surface area (Å²) in [6.07, 6.45) is 0. The monoisotopic (exact) mass is 422 g/mol. The van der Waals surface area contributed by atoms with E-state index in [1.54, 1.807) is 31.4 Å². The maximum atomic E-state index is 12.2. The van der Waals surface area contributed by atoms with Crippen LogP contribution >= 0.6 is 35.0 Å². The Balaban J connectivity index is 1.65. The van der Waals surface area contributed by atoms with Crippen LogP contribution in [-0.2, 0) is 11.8 Å². The van der Waals surface area contributed by atoms with E-state index in [-0.39, 0.29) is 11.7 Å². The Morgan fingerprint density at radius 2 is 2.00 bits per heavy atom. The van der Waals surface area contributed by atoms with Crippen LogP contribution in [0.5, 0.6) is 5.75 Å². The third-order valence-electron chi connectivity index (χ3n) is 3.70. The van der Waals surface area contributed by atoms with E-state index in [9.17, 15) is 4.79 Å². The molecule has 6 nitrogen and oxygen atoms in total. The minimum absolute atomic E-state index is 0.146. The summed E-state index contributed by atoms with van der Waals surface area (Å²) in [5.41, 5.74) is 1.47. The molecule has 0 saturated carbocycles. The van der Waals surface area contributed by atoms with E-state index in [0.717, 1.165) is 5.56 Å². The van der Waals surface area contributed by atoms with Crippen LogP contribution in [0.1, 0.15) is 0 Å². The van der Waals surface area contributed by atoms with Gasteiger partial charge in [-0.3, -0.25) is 4.79 Å². The molecule has 1 heterocycles. The number of benzene rings is 2. The number of rotatable bonds is 6. The van der Waals surface area contributed by atoms with Crippen LogP contribution in [0.15, 0.2) is 47.6 Å². The van der Waals surface area contributed by atoms with Gasteiger partial charge in [-0.2, -0.15) is 0 Å². The number of ether oxygens (including phenoxy) is 1. The second-order valence-corrected chi connectivity index (χ2v) is 7.32. The molecule has 3 rings (SSSR count). The third-order valence-corrected chi connectivity index (χ3v) is 5.46. The lowest BCUT2D eigenvalue weighted by atomic mass is 10.2. The summed E-state index contributed by atoms with van der Waals surface area (Å²) in [6.45, 7) is 0. The van der Waals surface area contributed by atoms with Crippen LogP contribution in [0.4, 0.5) is 5.69 Å². The fourth-order valence-electron chi connectivity index (χ4n) is 2.36. The van der Waals surface area contributed by atoms with Crippen molar-refractivity contribution in [3.05, 3.63) is 52.5 Å². The summed E-state index contributed by atoms with van der Waals surface area (Å²) in [5, 5.41) is 12.7. The molecule has 2 aromatic carbocycles. The summed E-state index contributed by atoms with van der Waals surface area (Å²) >= 11 is 13.3. The first-order valence-corrected chi connectivity index (χ1v) is 9.63. The van der Waals surface area contributed by atoms with Gasteiger partial charge in [-0.25, -0.2) is 0 Å². The Morgan fingerprint density at radius 1 is 1.19 bits per heavy atom. The number of nitrogens with zero attached hydrogens (tertiary/aromatic N) is 3. The molecule has 0 atom stereocenters.